The van der Waals surface area contributed by atoms with Gasteiger partial charge in [-0.2, -0.15) is 0 Å². The maximum atomic E-state index is 13.8. The molecule has 30 heavy (non-hydrogen) atoms. The lowest BCUT2D eigenvalue weighted by Gasteiger charge is -2.56. The van der Waals surface area contributed by atoms with Gasteiger partial charge in [-0.05, 0) is 87.5 Å². The average Bonchev–Trinajstić information content (AvgIpc) is 3.38. The SMILES string of the molecule is O=C(NCC1(c2ccccc2)CC1)[C@@H]1CCCN1C(=O)C12CC3CC(CC(C3)C1)C2. The van der Waals surface area contributed by atoms with Crippen LogP contribution in [0, 0.1) is 23.2 Å². The third-order valence-corrected chi connectivity index (χ3v) is 9.15. The Labute approximate surface area is 179 Å². The number of carbonyl (C=O) groups is 2. The van der Waals surface area contributed by atoms with Crippen LogP contribution in [-0.4, -0.2) is 35.8 Å². The maximum Gasteiger partial charge on any atom is 0.242 e. The molecule has 0 aromatic heterocycles. The van der Waals surface area contributed by atoms with E-state index in [1.807, 2.05) is 11.0 Å². The Bertz CT molecular complexity index is 809. The van der Waals surface area contributed by atoms with Crippen LogP contribution in [0.5, 0.6) is 0 Å². The van der Waals surface area contributed by atoms with Gasteiger partial charge in [-0.1, -0.05) is 30.3 Å². The molecule has 0 unspecified atom stereocenters. The summed E-state index contributed by atoms with van der Waals surface area (Å²) in [7, 11) is 0. The quantitative estimate of drug-likeness (QED) is 0.802. The Balaban J connectivity index is 1.14. The minimum absolute atomic E-state index is 0.0767. The van der Waals surface area contributed by atoms with E-state index in [0.717, 1.165) is 69.2 Å². The van der Waals surface area contributed by atoms with E-state index in [0.29, 0.717) is 12.5 Å². The number of nitrogens with zero attached hydrogens (tertiary/aromatic N) is 1. The summed E-state index contributed by atoms with van der Waals surface area (Å²) >= 11 is 0. The molecule has 1 saturated heterocycles. The molecule has 5 aliphatic carbocycles. The molecule has 1 aromatic carbocycles. The van der Waals surface area contributed by atoms with Crippen molar-refractivity contribution in [3.63, 3.8) is 0 Å². The van der Waals surface area contributed by atoms with Crippen molar-refractivity contribution in [2.24, 2.45) is 23.2 Å². The Hall–Kier alpha value is -1.84. The first-order valence-electron chi connectivity index (χ1n) is 12.2. The van der Waals surface area contributed by atoms with Gasteiger partial charge in [-0.15, -0.1) is 0 Å². The van der Waals surface area contributed by atoms with Crippen LogP contribution in [0.4, 0.5) is 0 Å². The molecule has 6 aliphatic rings. The number of nitrogens with one attached hydrogen (secondary N) is 1. The second kappa shape index (κ2) is 6.83. The lowest BCUT2D eigenvalue weighted by atomic mass is 9.49. The third-order valence-electron chi connectivity index (χ3n) is 9.15. The second-order valence-electron chi connectivity index (χ2n) is 11.2. The minimum atomic E-state index is -0.253. The molecule has 5 saturated carbocycles. The summed E-state index contributed by atoms with van der Waals surface area (Å²) in [5, 5.41) is 3.25. The van der Waals surface area contributed by atoms with Crippen molar-refractivity contribution in [1.29, 1.82) is 0 Å². The zero-order valence-electron chi connectivity index (χ0n) is 17.9. The molecule has 7 rings (SSSR count). The van der Waals surface area contributed by atoms with E-state index >= 15 is 0 Å². The predicted octanol–water partition coefficient (Wildman–Crippen LogP) is 4.04. The number of rotatable bonds is 5. The second-order valence-corrected chi connectivity index (χ2v) is 11.2. The van der Waals surface area contributed by atoms with Gasteiger partial charge in [0.25, 0.3) is 0 Å². The molecule has 2 amide bonds. The number of benzene rings is 1. The number of amides is 2. The molecule has 1 aliphatic heterocycles. The van der Waals surface area contributed by atoms with Crippen molar-refractivity contribution in [2.45, 2.75) is 75.7 Å². The predicted molar refractivity (Wildman–Crippen MR) is 116 cm³/mol. The smallest absolute Gasteiger partial charge is 0.242 e. The fourth-order valence-corrected chi connectivity index (χ4v) is 7.84. The van der Waals surface area contributed by atoms with Crippen molar-refractivity contribution >= 4 is 11.8 Å². The van der Waals surface area contributed by atoms with Crippen LogP contribution in [0.25, 0.3) is 0 Å². The van der Waals surface area contributed by atoms with Gasteiger partial charge < -0.3 is 10.2 Å². The van der Waals surface area contributed by atoms with Crippen LogP contribution >= 0.6 is 0 Å². The highest BCUT2D eigenvalue weighted by Crippen LogP contribution is 2.60. The van der Waals surface area contributed by atoms with Crippen LogP contribution in [0.2, 0.25) is 0 Å². The van der Waals surface area contributed by atoms with E-state index in [4.69, 9.17) is 0 Å². The standard InChI is InChI=1S/C26H34N2O2/c29-23(27-17-25(8-9-25)21-5-2-1-3-6-21)22-7-4-10-28(22)24(30)26-14-18-11-19(15-26)13-20(12-18)16-26/h1-3,5-6,18-20,22H,4,7-17H2,(H,27,29)/t18?,19?,20?,22-,26?/m0/s1. The molecule has 4 heteroatoms. The molecule has 1 aromatic rings. The summed E-state index contributed by atoms with van der Waals surface area (Å²) in [6.07, 6.45) is 11.3. The summed E-state index contributed by atoms with van der Waals surface area (Å²) in [6.45, 7) is 1.47. The van der Waals surface area contributed by atoms with E-state index in [-0.39, 0.29) is 22.8 Å². The van der Waals surface area contributed by atoms with Crippen LogP contribution < -0.4 is 5.32 Å². The van der Waals surface area contributed by atoms with Gasteiger partial charge in [0.05, 0.1) is 5.41 Å². The molecule has 1 N–H and O–H groups in total. The van der Waals surface area contributed by atoms with E-state index < -0.39 is 0 Å². The van der Waals surface area contributed by atoms with E-state index in [1.165, 1.54) is 24.8 Å². The first kappa shape index (κ1) is 18.9. The monoisotopic (exact) mass is 406 g/mol. The molecule has 0 spiro atoms. The number of carbonyl (C=O) groups excluding carboxylic acids is 2. The highest BCUT2D eigenvalue weighted by atomic mass is 16.2. The summed E-state index contributed by atoms with van der Waals surface area (Å²) in [5.74, 6) is 2.68. The van der Waals surface area contributed by atoms with Crippen molar-refractivity contribution < 1.29 is 9.59 Å². The summed E-state index contributed by atoms with van der Waals surface area (Å²) in [4.78, 5) is 29.0. The van der Waals surface area contributed by atoms with E-state index in [9.17, 15) is 9.59 Å². The average molecular weight is 407 g/mol. The molecule has 6 fully saturated rings. The molecule has 1 heterocycles. The lowest BCUT2D eigenvalue weighted by Crippen LogP contribution is -2.57. The van der Waals surface area contributed by atoms with Gasteiger partial charge in [0.2, 0.25) is 11.8 Å². The lowest BCUT2D eigenvalue weighted by molar-refractivity contribution is -0.160. The van der Waals surface area contributed by atoms with Crippen molar-refractivity contribution in [3.8, 4) is 0 Å². The third kappa shape index (κ3) is 3.01. The molecule has 160 valence electrons. The first-order chi connectivity index (χ1) is 14.6. The molecule has 1 atom stereocenters. The van der Waals surface area contributed by atoms with Gasteiger partial charge in [-0.3, -0.25) is 9.59 Å². The number of likely N-dealkylation sites (tertiary alicyclic amines) is 1. The Morgan fingerprint density at radius 3 is 2.20 bits per heavy atom. The fourth-order valence-electron chi connectivity index (χ4n) is 7.84. The van der Waals surface area contributed by atoms with Crippen molar-refractivity contribution in [2.75, 3.05) is 13.1 Å². The first-order valence-corrected chi connectivity index (χ1v) is 12.2. The van der Waals surface area contributed by atoms with E-state index in [1.54, 1.807) is 0 Å². The Morgan fingerprint density at radius 2 is 1.60 bits per heavy atom. The molecule has 0 radical (unpaired) electrons. The molecular weight excluding hydrogens is 372 g/mol. The maximum absolute atomic E-state index is 13.8. The van der Waals surface area contributed by atoms with Gasteiger partial charge in [0, 0.05) is 18.5 Å². The Morgan fingerprint density at radius 1 is 0.967 bits per heavy atom. The molecule has 4 nitrogen and oxygen atoms in total. The van der Waals surface area contributed by atoms with Crippen molar-refractivity contribution in [3.05, 3.63) is 35.9 Å². The zero-order valence-corrected chi connectivity index (χ0v) is 17.9. The van der Waals surface area contributed by atoms with Gasteiger partial charge in [0.15, 0.2) is 0 Å². The van der Waals surface area contributed by atoms with Crippen LogP contribution in [0.1, 0.15) is 69.8 Å². The van der Waals surface area contributed by atoms with Crippen LogP contribution in [0.3, 0.4) is 0 Å². The molecule has 4 bridgehead atoms. The minimum Gasteiger partial charge on any atom is -0.353 e. The summed E-state index contributed by atoms with van der Waals surface area (Å²) in [6, 6.07) is 10.3. The normalized spacial score (nSPS) is 37.9. The largest absolute Gasteiger partial charge is 0.353 e. The highest BCUT2D eigenvalue weighted by molar-refractivity contribution is 5.91. The number of hydrogen-bond acceptors (Lipinski definition) is 2. The number of hydrogen-bond donors (Lipinski definition) is 1. The fraction of sp³-hybridized carbons (Fsp3) is 0.692. The van der Waals surface area contributed by atoms with Crippen LogP contribution in [-0.2, 0) is 15.0 Å². The molecular formula is C26H34N2O2. The van der Waals surface area contributed by atoms with Gasteiger partial charge in [0.1, 0.15) is 6.04 Å². The topological polar surface area (TPSA) is 49.4 Å². The Kier molecular flexibility index (Phi) is 4.30. The van der Waals surface area contributed by atoms with Crippen LogP contribution in [0.15, 0.2) is 30.3 Å². The zero-order chi connectivity index (χ0) is 20.3. The van der Waals surface area contributed by atoms with Gasteiger partial charge >= 0.3 is 0 Å². The summed E-state index contributed by atoms with van der Waals surface area (Å²) in [5.41, 5.74) is 1.31. The van der Waals surface area contributed by atoms with E-state index in [2.05, 4.69) is 29.6 Å². The van der Waals surface area contributed by atoms with Gasteiger partial charge in [-0.25, -0.2) is 0 Å². The highest BCUT2D eigenvalue weighted by Gasteiger charge is 2.57. The summed E-state index contributed by atoms with van der Waals surface area (Å²) < 4.78 is 0. The van der Waals surface area contributed by atoms with Crippen molar-refractivity contribution in [1.82, 2.24) is 10.2 Å².